The minimum atomic E-state index is -4.63. The van der Waals surface area contributed by atoms with Gasteiger partial charge in [0.05, 0.1) is 27.7 Å². The average Bonchev–Trinajstić information content (AvgIpc) is 3.27. The van der Waals surface area contributed by atoms with Gasteiger partial charge in [0, 0.05) is 12.8 Å². The van der Waals surface area contributed by atoms with E-state index in [1.54, 1.807) is 0 Å². The van der Waals surface area contributed by atoms with Gasteiger partial charge in [-0.05, 0) is 64.2 Å². The van der Waals surface area contributed by atoms with Gasteiger partial charge in [-0.2, -0.15) is 0 Å². The number of unbranched alkanes of at least 4 members (excludes halogenated alkanes) is 34. The topological polar surface area (TPSA) is 111 Å². The zero-order valence-corrected chi connectivity index (χ0v) is 45.1. The Kier molecular flexibility index (Phi) is 47.4. The van der Waals surface area contributed by atoms with E-state index in [2.05, 4.69) is 38.2 Å². The van der Waals surface area contributed by atoms with Crippen LogP contribution in [0.15, 0.2) is 24.3 Å². The molecule has 2 unspecified atom stereocenters. The normalized spacial score (nSPS) is 13.5. The molecule has 0 fully saturated rings. The summed E-state index contributed by atoms with van der Waals surface area (Å²) < 4.78 is 34.1. The first-order valence-electron chi connectivity index (χ1n) is 28.0. The molecule has 0 aromatic carbocycles. The quantitative estimate of drug-likeness (QED) is 0.0195. The molecule has 0 bridgehead atoms. The van der Waals surface area contributed by atoms with Crippen molar-refractivity contribution in [2.45, 2.75) is 277 Å². The number of hydrogen-bond donors (Lipinski definition) is 0. The second-order valence-electron chi connectivity index (χ2n) is 20.3. The number of carbonyl (C=O) groups excluding carboxylic acids is 2. The van der Waals surface area contributed by atoms with Gasteiger partial charge >= 0.3 is 11.9 Å². The zero-order valence-electron chi connectivity index (χ0n) is 44.2. The van der Waals surface area contributed by atoms with Crippen molar-refractivity contribution in [1.29, 1.82) is 0 Å². The predicted octanol–water partition coefficient (Wildman–Crippen LogP) is 16.4. The molecule has 0 N–H and O–H groups in total. The van der Waals surface area contributed by atoms with Crippen LogP contribution in [-0.4, -0.2) is 70.0 Å². The fourth-order valence-corrected chi connectivity index (χ4v) is 8.79. The van der Waals surface area contributed by atoms with Crippen LogP contribution in [-0.2, 0) is 32.7 Å². The maximum absolute atomic E-state index is 12.8. The maximum atomic E-state index is 12.8. The average molecular weight is 954 g/mol. The summed E-state index contributed by atoms with van der Waals surface area (Å²) in [6.45, 7) is 4.27. The smallest absolute Gasteiger partial charge is 0.306 e. The third-order valence-electron chi connectivity index (χ3n) is 12.4. The summed E-state index contributed by atoms with van der Waals surface area (Å²) in [6, 6.07) is 0. The van der Waals surface area contributed by atoms with Crippen LogP contribution in [0.25, 0.3) is 0 Å². The van der Waals surface area contributed by atoms with Crippen molar-refractivity contribution in [3.63, 3.8) is 0 Å². The van der Waals surface area contributed by atoms with Crippen LogP contribution < -0.4 is 4.89 Å². The van der Waals surface area contributed by atoms with Crippen molar-refractivity contribution in [1.82, 2.24) is 0 Å². The minimum absolute atomic E-state index is 0.0292. The molecule has 0 heterocycles. The Bertz CT molecular complexity index is 1170. The lowest BCUT2D eigenvalue weighted by Crippen LogP contribution is -2.37. The molecule has 0 saturated carbocycles. The molecule has 66 heavy (non-hydrogen) atoms. The molecule has 2 atom stereocenters. The fourth-order valence-electron chi connectivity index (χ4n) is 8.06. The number of rotatable bonds is 52. The van der Waals surface area contributed by atoms with Gasteiger partial charge in [0.2, 0.25) is 0 Å². The highest BCUT2D eigenvalue weighted by Crippen LogP contribution is 2.38. The van der Waals surface area contributed by atoms with Crippen LogP contribution in [0, 0.1) is 0 Å². The monoisotopic (exact) mass is 954 g/mol. The molecule has 0 spiro atoms. The molecule has 390 valence electrons. The Morgan fingerprint density at radius 2 is 0.773 bits per heavy atom. The van der Waals surface area contributed by atoms with E-state index in [0.29, 0.717) is 17.4 Å². The van der Waals surface area contributed by atoms with Gasteiger partial charge in [-0.25, -0.2) is 0 Å². The lowest BCUT2D eigenvalue weighted by Gasteiger charge is -2.28. The number of allylic oxidation sites excluding steroid dienone is 4. The number of quaternary nitrogens is 1. The van der Waals surface area contributed by atoms with Crippen LogP contribution >= 0.6 is 7.82 Å². The SMILES string of the molecule is CCCCCCCC/C=C\CCCCCCCCCCCC(=O)OCC(COP(=O)([O-])OCC[N+](C)(C)C)OC(=O)CCCCCCCCCCCCC/C=C\CCCCCCCCCC. The standard InChI is InChI=1S/C56H108NO8P/c1-6-8-10-12-14-16-18-20-22-24-26-27-28-29-31-33-35-37-39-41-43-45-47-49-56(59)65-54(53-64-66(60,61)63-51-50-57(3,4)5)52-62-55(58)48-46-44-42-40-38-36-34-32-30-25-23-21-19-17-15-13-11-9-7-2/h21,23-24,26,54H,6-20,22,25,27-53H2,1-5H3/b23-21-,26-24-. The molecular weight excluding hydrogens is 846 g/mol. The van der Waals surface area contributed by atoms with Crippen LogP contribution in [0.4, 0.5) is 0 Å². The number of nitrogens with zero attached hydrogens (tertiary/aromatic N) is 1. The van der Waals surface area contributed by atoms with E-state index in [0.717, 1.165) is 38.5 Å². The number of phosphoric ester groups is 1. The molecular formula is C56H108NO8P. The van der Waals surface area contributed by atoms with Crippen molar-refractivity contribution in [2.75, 3.05) is 47.5 Å². The molecule has 0 rings (SSSR count). The Morgan fingerprint density at radius 3 is 1.12 bits per heavy atom. The van der Waals surface area contributed by atoms with Gasteiger partial charge in [0.25, 0.3) is 7.82 Å². The van der Waals surface area contributed by atoms with Crippen LogP contribution in [0.2, 0.25) is 0 Å². The van der Waals surface area contributed by atoms with Gasteiger partial charge < -0.3 is 27.9 Å². The molecule has 0 amide bonds. The van der Waals surface area contributed by atoms with E-state index < -0.39 is 26.5 Å². The molecule has 0 aliphatic heterocycles. The zero-order chi connectivity index (χ0) is 48.5. The highest BCUT2D eigenvalue weighted by atomic mass is 31.2. The first-order valence-corrected chi connectivity index (χ1v) is 29.5. The van der Waals surface area contributed by atoms with Crippen LogP contribution in [0.3, 0.4) is 0 Å². The third-order valence-corrected chi connectivity index (χ3v) is 13.4. The van der Waals surface area contributed by atoms with E-state index in [-0.39, 0.29) is 32.0 Å². The third kappa shape index (κ3) is 51.9. The summed E-state index contributed by atoms with van der Waals surface area (Å²) in [4.78, 5) is 37.8. The van der Waals surface area contributed by atoms with Crippen molar-refractivity contribution in [3.8, 4) is 0 Å². The largest absolute Gasteiger partial charge is 0.756 e. The van der Waals surface area contributed by atoms with E-state index in [1.807, 2.05) is 21.1 Å². The predicted molar refractivity (Wildman–Crippen MR) is 278 cm³/mol. The number of phosphoric acid groups is 1. The lowest BCUT2D eigenvalue weighted by atomic mass is 10.0. The van der Waals surface area contributed by atoms with Gasteiger partial charge in [-0.15, -0.1) is 0 Å². The molecule has 0 saturated heterocycles. The maximum Gasteiger partial charge on any atom is 0.306 e. The second-order valence-corrected chi connectivity index (χ2v) is 21.7. The van der Waals surface area contributed by atoms with Crippen LogP contribution in [0.5, 0.6) is 0 Å². The van der Waals surface area contributed by atoms with E-state index >= 15 is 0 Å². The number of hydrogen-bond acceptors (Lipinski definition) is 8. The van der Waals surface area contributed by atoms with Crippen molar-refractivity contribution < 1.29 is 42.1 Å². The van der Waals surface area contributed by atoms with E-state index in [1.165, 1.54) is 199 Å². The molecule has 0 aliphatic carbocycles. The Morgan fingerprint density at radius 1 is 0.455 bits per heavy atom. The lowest BCUT2D eigenvalue weighted by molar-refractivity contribution is -0.870. The number of ether oxygens (including phenoxy) is 2. The summed E-state index contributed by atoms with van der Waals surface area (Å²) in [5, 5.41) is 0. The van der Waals surface area contributed by atoms with Gasteiger partial charge in [-0.3, -0.25) is 14.2 Å². The molecule has 0 aliphatic rings. The summed E-state index contributed by atoms with van der Waals surface area (Å²) in [5.74, 6) is -0.824. The van der Waals surface area contributed by atoms with Crippen molar-refractivity contribution >= 4 is 19.8 Å². The minimum Gasteiger partial charge on any atom is -0.756 e. The highest BCUT2D eigenvalue weighted by molar-refractivity contribution is 7.45. The first kappa shape index (κ1) is 64.5. The van der Waals surface area contributed by atoms with Crippen molar-refractivity contribution in [2.24, 2.45) is 0 Å². The molecule has 9 nitrogen and oxygen atoms in total. The van der Waals surface area contributed by atoms with Crippen LogP contribution in [0.1, 0.15) is 271 Å². The Hall–Kier alpha value is -1.51. The number of esters is 2. The van der Waals surface area contributed by atoms with E-state index in [4.69, 9.17) is 18.5 Å². The Labute approximate surface area is 409 Å². The first-order chi connectivity index (χ1) is 32.0. The van der Waals surface area contributed by atoms with Gasteiger partial charge in [-0.1, -0.05) is 218 Å². The summed E-state index contributed by atoms with van der Waals surface area (Å²) in [5.41, 5.74) is 0. The highest BCUT2D eigenvalue weighted by Gasteiger charge is 2.22. The Balaban J connectivity index is 4.17. The molecule has 10 heteroatoms. The van der Waals surface area contributed by atoms with Crippen molar-refractivity contribution in [3.05, 3.63) is 24.3 Å². The van der Waals surface area contributed by atoms with E-state index in [9.17, 15) is 19.0 Å². The molecule has 0 aromatic rings. The summed E-state index contributed by atoms with van der Waals surface area (Å²) in [7, 11) is 1.18. The van der Waals surface area contributed by atoms with Gasteiger partial charge in [0.15, 0.2) is 6.10 Å². The fraction of sp³-hybridized carbons (Fsp3) is 0.893. The molecule has 0 aromatic heterocycles. The number of carbonyl (C=O) groups is 2. The summed E-state index contributed by atoms with van der Waals surface area (Å²) >= 11 is 0. The summed E-state index contributed by atoms with van der Waals surface area (Å²) in [6.07, 6.45) is 56.4. The second kappa shape index (κ2) is 48.5. The molecule has 0 radical (unpaired) electrons. The number of likely N-dealkylation sites (N-methyl/N-ethyl adjacent to an activating group) is 1. The van der Waals surface area contributed by atoms with Gasteiger partial charge in [0.1, 0.15) is 19.8 Å².